The molecule has 18 heavy (non-hydrogen) atoms. The number of carbonyl (C=O) groups is 1. The standard InChI is InChI=1S/C12H15Cl2NO3/c1-17-6-5-15-11(12(16)18-2)8-3-4-9(13)10(14)7-8/h3-4,7,11,15H,5-6H2,1-2H3. The smallest absolute Gasteiger partial charge is 0.327 e. The van der Waals surface area contributed by atoms with Gasteiger partial charge in [0.2, 0.25) is 0 Å². The lowest BCUT2D eigenvalue weighted by atomic mass is 10.1. The molecule has 1 N–H and O–H groups in total. The second kappa shape index (κ2) is 7.59. The minimum Gasteiger partial charge on any atom is -0.468 e. The van der Waals surface area contributed by atoms with E-state index in [1.807, 2.05) is 0 Å². The normalized spacial score (nSPS) is 12.2. The monoisotopic (exact) mass is 291 g/mol. The number of benzene rings is 1. The molecule has 0 aliphatic heterocycles. The molecule has 1 atom stereocenters. The van der Waals surface area contributed by atoms with Gasteiger partial charge in [-0.25, -0.2) is 4.79 Å². The van der Waals surface area contributed by atoms with Crippen LogP contribution in [0, 0.1) is 0 Å². The first-order chi connectivity index (χ1) is 8.60. The van der Waals surface area contributed by atoms with Crippen LogP contribution in [0.2, 0.25) is 10.0 Å². The molecule has 1 rings (SSSR count). The summed E-state index contributed by atoms with van der Waals surface area (Å²) in [5.41, 5.74) is 0.701. The highest BCUT2D eigenvalue weighted by atomic mass is 35.5. The van der Waals surface area contributed by atoms with Crippen LogP contribution < -0.4 is 5.32 Å². The van der Waals surface area contributed by atoms with E-state index in [0.29, 0.717) is 28.8 Å². The molecule has 4 nitrogen and oxygen atoms in total. The van der Waals surface area contributed by atoms with Crippen LogP contribution in [0.3, 0.4) is 0 Å². The van der Waals surface area contributed by atoms with Crippen molar-refractivity contribution in [1.29, 1.82) is 0 Å². The lowest BCUT2D eigenvalue weighted by Crippen LogP contribution is -2.32. The number of esters is 1. The topological polar surface area (TPSA) is 47.6 Å². The van der Waals surface area contributed by atoms with Gasteiger partial charge < -0.3 is 9.47 Å². The highest BCUT2D eigenvalue weighted by Gasteiger charge is 2.21. The fraction of sp³-hybridized carbons (Fsp3) is 0.417. The van der Waals surface area contributed by atoms with E-state index >= 15 is 0 Å². The summed E-state index contributed by atoms with van der Waals surface area (Å²) in [5, 5.41) is 3.88. The van der Waals surface area contributed by atoms with Crippen molar-refractivity contribution in [2.75, 3.05) is 27.4 Å². The summed E-state index contributed by atoms with van der Waals surface area (Å²) < 4.78 is 9.67. The lowest BCUT2D eigenvalue weighted by Gasteiger charge is -2.17. The first-order valence-electron chi connectivity index (χ1n) is 5.35. The summed E-state index contributed by atoms with van der Waals surface area (Å²) >= 11 is 11.8. The maximum absolute atomic E-state index is 11.7. The number of nitrogens with one attached hydrogen (secondary N) is 1. The van der Waals surface area contributed by atoms with Gasteiger partial charge >= 0.3 is 5.97 Å². The Kier molecular flexibility index (Phi) is 6.43. The molecule has 0 fully saturated rings. The van der Waals surface area contributed by atoms with Gasteiger partial charge in [0.05, 0.1) is 23.8 Å². The summed E-state index contributed by atoms with van der Waals surface area (Å²) in [5.74, 6) is -0.385. The zero-order chi connectivity index (χ0) is 13.5. The maximum atomic E-state index is 11.7. The Bertz CT molecular complexity index is 412. The number of rotatable bonds is 6. The van der Waals surface area contributed by atoms with Crippen molar-refractivity contribution in [3.05, 3.63) is 33.8 Å². The van der Waals surface area contributed by atoms with E-state index in [0.717, 1.165) is 0 Å². The van der Waals surface area contributed by atoms with Crippen molar-refractivity contribution in [2.45, 2.75) is 6.04 Å². The zero-order valence-corrected chi connectivity index (χ0v) is 11.7. The molecular weight excluding hydrogens is 277 g/mol. The van der Waals surface area contributed by atoms with Gasteiger partial charge in [0, 0.05) is 13.7 Å². The van der Waals surface area contributed by atoms with Crippen molar-refractivity contribution in [3.63, 3.8) is 0 Å². The van der Waals surface area contributed by atoms with E-state index in [1.165, 1.54) is 7.11 Å². The van der Waals surface area contributed by atoms with Crippen LogP contribution in [0.1, 0.15) is 11.6 Å². The third-order valence-corrected chi connectivity index (χ3v) is 3.11. The molecule has 100 valence electrons. The third kappa shape index (κ3) is 4.14. The molecule has 1 unspecified atom stereocenters. The fourth-order valence-corrected chi connectivity index (χ4v) is 1.76. The Morgan fingerprint density at radius 2 is 2.06 bits per heavy atom. The first kappa shape index (κ1) is 15.2. The minimum atomic E-state index is -0.583. The molecule has 0 aliphatic carbocycles. The highest BCUT2D eigenvalue weighted by molar-refractivity contribution is 6.42. The number of carbonyl (C=O) groups excluding carboxylic acids is 1. The van der Waals surface area contributed by atoms with Crippen LogP contribution >= 0.6 is 23.2 Å². The predicted molar refractivity (Wildman–Crippen MR) is 71.1 cm³/mol. The van der Waals surface area contributed by atoms with E-state index in [-0.39, 0.29) is 5.97 Å². The predicted octanol–water partition coefficient (Wildman–Crippen LogP) is 2.44. The van der Waals surface area contributed by atoms with E-state index in [4.69, 9.17) is 32.7 Å². The molecule has 0 amide bonds. The molecule has 0 saturated carbocycles. The average Bonchev–Trinajstić information content (AvgIpc) is 2.37. The average molecular weight is 292 g/mol. The van der Waals surface area contributed by atoms with E-state index in [2.05, 4.69) is 5.32 Å². The Morgan fingerprint density at radius 1 is 1.33 bits per heavy atom. The SMILES string of the molecule is COCCNC(C(=O)OC)c1ccc(Cl)c(Cl)c1. The summed E-state index contributed by atoms with van der Waals surface area (Å²) in [4.78, 5) is 11.7. The number of methoxy groups -OCH3 is 2. The second-order valence-electron chi connectivity index (χ2n) is 3.58. The molecule has 1 aromatic carbocycles. The molecule has 0 aliphatic rings. The second-order valence-corrected chi connectivity index (χ2v) is 4.39. The van der Waals surface area contributed by atoms with Crippen LogP contribution in [-0.2, 0) is 14.3 Å². The lowest BCUT2D eigenvalue weighted by molar-refractivity contribution is -0.143. The van der Waals surface area contributed by atoms with Crippen LogP contribution in [0.4, 0.5) is 0 Å². The molecular formula is C12H15Cl2NO3. The van der Waals surface area contributed by atoms with Gasteiger partial charge in [0.1, 0.15) is 6.04 Å². The maximum Gasteiger partial charge on any atom is 0.327 e. The van der Waals surface area contributed by atoms with Gasteiger partial charge in [-0.15, -0.1) is 0 Å². The number of hydrogen-bond acceptors (Lipinski definition) is 4. The first-order valence-corrected chi connectivity index (χ1v) is 6.10. The highest BCUT2D eigenvalue weighted by Crippen LogP contribution is 2.26. The molecule has 0 aromatic heterocycles. The minimum absolute atomic E-state index is 0.385. The summed E-state index contributed by atoms with van der Waals surface area (Å²) in [7, 11) is 2.93. The van der Waals surface area contributed by atoms with Crippen molar-refractivity contribution >= 4 is 29.2 Å². The van der Waals surface area contributed by atoms with Crippen molar-refractivity contribution in [1.82, 2.24) is 5.32 Å². The van der Waals surface area contributed by atoms with E-state index in [1.54, 1.807) is 25.3 Å². The van der Waals surface area contributed by atoms with Gasteiger partial charge in [-0.1, -0.05) is 29.3 Å². The Morgan fingerprint density at radius 3 is 2.61 bits per heavy atom. The fourth-order valence-electron chi connectivity index (χ4n) is 1.45. The molecule has 0 radical (unpaired) electrons. The largest absolute Gasteiger partial charge is 0.468 e. The van der Waals surface area contributed by atoms with Gasteiger partial charge in [-0.3, -0.25) is 5.32 Å². The van der Waals surface area contributed by atoms with Crippen LogP contribution in [0.5, 0.6) is 0 Å². The quantitative estimate of drug-likeness (QED) is 0.646. The molecule has 1 aromatic rings. The molecule has 6 heteroatoms. The van der Waals surface area contributed by atoms with Gasteiger partial charge in [-0.05, 0) is 17.7 Å². The van der Waals surface area contributed by atoms with Crippen LogP contribution in [-0.4, -0.2) is 33.3 Å². The number of halogens is 2. The van der Waals surface area contributed by atoms with Crippen molar-refractivity contribution in [2.24, 2.45) is 0 Å². The van der Waals surface area contributed by atoms with Crippen LogP contribution in [0.15, 0.2) is 18.2 Å². The Labute approximate surface area is 116 Å². The van der Waals surface area contributed by atoms with Gasteiger partial charge in [0.25, 0.3) is 0 Å². The summed E-state index contributed by atoms with van der Waals surface area (Å²) in [6, 6.07) is 4.44. The van der Waals surface area contributed by atoms with E-state index in [9.17, 15) is 4.79 Å². The molecule has 0 bridgehead atoms. The summed E-state index contributed by atoms with van der Waals surface area (Å²) in [6.07, 6.45) is 0. The molecule has 0 spiro atoms. The zero-order valence-electron chi connectivity index (χ0n) is 10.2. The summed E-state index contributed by atoms with van der Waals surface area (Å²) in [6.45, 7) is 1.02. The third-order valence-electron chi connectivity index (χ3n) is 2.37. The molecule has 0 heterocycles. The van der Waals surface area contributed by atoms with Crippen LogP contribution in [0.25, 0.3) is 0 Å². The van der Waals surface area contributed by atoms with Gasteiger partial charge in [0.15, 0.2) is 0 Å². The number of hydrogen-bond donors (Lipinski definition) is 1. The molecule has 0 saturated heterocycles. The number of ether oxygens (including phenoxy) is 2. The van der Waals surface area contributed by atoms with Crippen molar-refractivity contribution in [3.8, 4) is 0 Å². The van der Waals surface area contributed by atoms with Crippen molar-refractivity contribution < 1.29 is 14.3 Å². The van der Waals surface area contributed by atoms with Gasteiger partial charge in [-0.2, -0.15) is 0 Å². The Balaban J connectivity index is 2.87. The Hall–Kier alpha value is -0.810. The van der Waals surface area contributed by atoms with E-state index < -0.39 is 6.04 Å².